The summed E-state index contributed by atoms with van der Waals surface area (Å²) in [5.41, 5.74) is 11.5. The van der Waals surface area contributed by atoms with E-state index in [4.69, 9.17) is 4.74 Å². The summed E-state index contributed by atoms with van der Waals surface area (Å²) in [6, 6.07) is 43.0. The number of benzene rings is 5. The summed E-state index contributed by atoms with van der Waals surface area (Å²) in [7, 11) is 2.13. The van der Waals surface area contributed by atoms with Crippen LogP contribution < -0.4 is 15.4 Å². The van der Waals surface area contributed by atoms with Crippen molar-refractivity contribution in [1.82, 2.24) is 9.55 Å². The minimum atomic E-state index is 0.00656. The molecule has 246 valence electrons. The van der Waals surface area contributed by atoms with Gasteiger partial charge in [0, 0.05) is 69.1 Å². The van der Waals surface area contributed by atoms with E-state index in [1.54, 1.807) is 0 Å². The fraction of sp³-hybridized carbons (Fsp3) is 0.227. The van der Waals surface area contributed by atoms with Gasteiger partial charge in [0.2, 0.25) is 0 Å². The lowest BCUT2D eigenvalue weighted by molar-refractivity contribution is 0.309. The van der Waals surface area contributed by atoms with E-state index in [1.165, 1.54) is 55.5 Å². The smallest absolute Gasteiger partial charge is 0.143 e. The van der Waals surface area contributed by atoms with E-state index >= 15 is 0 Å². The highest BCUT2D eigenvalue weighted by molar-refractivity contribution is 5.90. The molecule has 5 heteroatoms. The molecule has 0 amide bonds. The monoisotopic (exact) mass is 644 g/mol. The van der Waals surface area contributed by atoms with E-state index in [9.17, 15) is 0 Å². The van der Waals surface area contributed by atoms with Gasteiger partial charge in [-0.05, 0) is 41.0 Å². The second-order valence-electron chi connectivity index (χ2n) is 14.6. The number of hydrogen-bond donors (Lipinski definition) is 3. The number of rotatable bonds is 5. The molecule has 0 radical (unpaired) electrons. The van der Waals surface area contributed by atoms with E-state index in [0.717, 1.165) is 11.3 Å². The van der Waals surface area contributed by atoms with Crippen molar-refractivity contribution in [3.63, 3.8) is 0 Å². The third-order valence-corrected chi connectivity index (χ3v) is 10.8. The molecule has 5 aromatic carbocycles. The number of H-pyrrole nitrogens is 1. The first-order valence-corrected chi connectivity index (χ1v) is 17.3. The Kier molecular flexibility index (Phi) is 7.51. The molecule has 2 unspecified atom stereocenters. The molecular formula is C44H44N4O. The third kappa shape index (κ3) is 5.25. The van der Waals surface area contributed by atoms with Crippen LogP contribution in [0, 0.1) is 0 Å². The van der Waals surface area contributed by atoms with Crippen LogP contribution in [0.25, 0.3) is 21.8 Å². The molecule has 0 aliphatic carbocycles. The van der Waals surface area contributed by atoms with Crippen molar-refractivity contribution in [3.05, 3.63) is 162 Å². The fourth-order valence-electron chi connectivity index (χ4n) is 8.10. The summed E-state index contributed by atoms with van der Waals surface area (Å²) in [6.07, 6.45) is 4.40. The lowest BCUT2D eigenvalue weighted by Gasteiger charge is -2.27. The fourth-order valence-corrected chi connectivity index (χ4v) is 8.10. The zero-order chi connectivity index (χ0) is 33.8. The van der Waals surface area contributed by atoms with Crippen LogP contribution in [0.4, 0.5) is 11.4 Å². The van der Waals surface area contributed by atoms with E-state index < -0.39 is 0 Å². The molecule has 2 aliphatic heterocycles. The van der Waals surface area contributed by atoms with Gasteiger partial charge in [-0.2, -0.15) is 0 Å². The van der Waals surface area contributed by atoms with E-state index in [-0.39, 0.29) is 16.9 Å². The molecule has 0 bridgehead atoms. The highest BCUT2D eigenvalue weighted by atomic mass is 16.5. The quantitative estimate of drug-likeness (QED) is 0.175. The Hall–Kier alpha value is -5.42. The molecule has 0 saturated carbocycles. The summed E-state index contributed by atoms with van der Waals surface area (Å²) >= 11 is 0. The Labute approximate surface area is 289 Å². The number of para-hydroxylation sites is 4. The molecule has 3 N–H and O–H groups in total. The van der Waals surface area contributed by atoms with Crippen molar-refractivity contribution < 1.29 is 4.74 Å². The number of anilines is 2. The highest BCUT2D eigenvalue weighted by Crippen LogP contribution is 2.51. The largest absolute Gasteiger partial charge is 0.487 e. The molecule has 2 atom stereocenters. The predicted octanol–water partition coefficient (Wildman–Crippen LogP) is 10.8. The number of ether oxygens (including phenoxy) is 1. The van der Waals surface area contributed by atoms with Gasteiger partial charge in [-0.15, -0.1) is 0 Å². The molecule has 7 aromatic rings. The number of hydrogen-bond acceptors (Lipinski definition) is 3. The van der Waals surface area contributed by atoms with Crippen molar-refractivity contribution in [1.29, 1.82) is 0 Å². The van der Waals surface area contributed by atoms with Crippen LogP contribution in [0.2, 0.25) is 0 Å². The van der Waals surface area contributed by atoms with Gasteiger partial charge < -0.3 is 24.9 Å². The number of fused-ring (bicyclic) bond motifs is 4. The maximum atomic E-state index is 6.14. The van der Waals surface area contributed by atoms with Crippen LogP contribution in [-0.2, 0) is 24.5 Å². The van der Waals surface area contributed by atoms with Crippen LogP contribution in [0.15, 0.2) is 134 Å². The van der Waals surface area contributed by atoms with Crippen LogP contribution in [-0.4, -0.2) is 9.55 Å². The van der Waals surface area contributed by atoms with Gasteiger partial charge in [0.25, 0.3) is 0 Å². The molecule has 49 heavy (non-hydrogen) atoms. The van der Waals surface area contributed by atoms with Crippen molar-refractivity contribution in [2.24, 2.45) is 7.05 Å². The minimum absolute atomic E-state index is 0.00656. The number of aryl methyl sites for hydroxylation is 1. The molecule has 0 fully saturated rings. The second kappa shape index (κ2) is 11.9. The summed E-state index contributed by atoms with van der Waals surface area (Å²) in [6.45, 7) is 9.85. The Morgan fingerprint density at radius 1 is 0.612 bits per heavy atom. The molecule has 2 aromatic heterocycles. The third-order valence-electron chi connectivity index (χ3n) is 10.8. The lowest BCUT2D eigenvalue weighted by atomic mass is 9.78. The average molecular weight is 645 g/mol. The summed E-state index contributed by atoms with van der Waals surface area (Å²) in [5, 5.41) is 10.0. The first-order valence-electron chi connectivity index (χ1n) is 17.3. The maximum Gasteiger partial charge on any atom is 0.143 e. The van der Waals surface area contributed by atoms with Crippen LogP contribution in [0.3, 0.4) is 0 Å². The Balaban J connectivity index is 0.000000148. The van der Waals surface area contributed by atoms with Crippen LogP contribution in [0.5, 0.6) is 5.75 Å². The molecule has 5 nitrogen and oxygen atoms in total. The van der Waals surface area contributed by atoms with Crippen molar-refractivity contribution in [2.45, 2.75) is 57.2 Å². The zero-order valence-electron chi connectivity index (χ0n) is 28.9. The van der Waals surface area contributed by atoms with Crippen molar-refractivity contribution in [3.8, 4) is 5.75 Å². The number of nitrogens with one attached hydrogen (secondary N) is 3. The molecule has 2 aliphatic rings. The van der Waals surface area contributed by atoms with Gasteiger partial charge in [-0.25, -0.2) is 0 Å². The number of nitrogens with zero attached hydrogens (tertiary/aromatic N) is 1. The van der Waals surface area contributed by atoms with E-state index in [0.29, 0.717) is 12.6 Å². The van der Waals surface area contributed by atoms with E-state index in [2.05, 4.69) is 164 Å². The predicted molar refractivity (Wildman–Crippen MR) is 204 cm³/mol. The number of aromatic nitrogens is 2. The highest BCUT2D eigenvalue weighted by Gasteiger charge is 2.42. The van der Waals surface area contributed by atoms with E-state index in [1.807, 2.05) is 24.3 Å². The van der Waals surface area contributed by atoms with Gasteiger partial charge in [-0.3, -0.25) is 0 Å². The second-order valence-corrected chi connectivity index (χ2v) is 14.6. The Morgan fingerprint density at radius 2 is 1.18 bits per heavy atom. The maximum absolute atomic E-state index is 6.14. The van der Waals surface area contributed by atoms with Crippen LogP contribution in [0.1, 0.15) is 67.6 Å². The first-order chi connectivity index (χ1) is 23.7. The van der Waals surface area contributed by atoms with Gasteiger partial charge in [0.1, 0.15) is 12.4 Å². The van der Waals surface area contributed by atoms with Crippen LogP contribution >= 0.6 is 0 Å². The topological polar surface area (TPSA) is 54.0 Å². The summed E-state index contributed by atoms with van der Waals surface area (Å²) < 4.78 is 8.37. The average Bonchev–Trinajstić information content (AvgIpc) is 3.84. The van der Waals surface area contributed by atoms with Crippen molar-refractivity contribution >= 4 is 33.2 Å². The molecule has 0 saturated heterocycles. The standard InChI is InChI=1S/C25H24N2O.C19H20N2/c1-25(2)20-12-6-7-13-21(20)27-24(25)19-15-26-23-18(19)11-8-14-22(23)28-16-17-9-4-3-5-10-17;1-19(2)15-9-5-6-10-16(15)20-18(19)14-12-21(3)17-11-7-4-8-13(14)17/h3-15,24,26-27H,16H2,1-2H3;4-12,18,20H,1-3H3. The lowest BCUT2D eigenvalue weighted by Crippen LogP contribution is -2.25. The minimum Gasteiger partial charge on any atom is -0.487 e. The molecule has 4 heterocycles. The Morgan fingerprint density at radius 3 is 1.86 bits per heavy atom. The normalized spacial score (nSPS) is 18.2. The van der Waals surface area contributed by atoms with Crippen molar-refractivity contribution in [2.75, 3.05) is 10.6 Å². The molecular weight excluding hydrogens is 601 g/mol. The van der Waals surface area contributed by atoms with Gasteiger partial charge >= 0.3 is 0 Å². The summed E-state index contributed by atoms with van der Waals surface area (Å²) in [5.74, 6) is 0.890. The zero-order valence-corrected chi connectivity index (χ0v) is 28.9. The first kappa shape index (κ1) is 30.9. The molecule has 0 spiro atoms. The van der Waals surface area contributed by atoms with Gasteiger partial charge in [0.05, 0.1) is 17.6 Å². The number of aromatic amines is 1. The summed E-state index contributed by atoms with van der Waals surface area (Å²) in [4.78, 5) is 3.47. The van der Waals surface area contributed by atoms with Gasteiger partial charge in [0.15, 0.2) is 0 Å². The SMILES string of the molecule is CC1(C)c2ccccc2NC1c1c[nH]c2c(OCc3ccccc3)cccc12.Cn1cc(C2Nc3ccccc3C2(C)C)c2ccccc21. The molecule has 9 rings (SSSR count). The Bertz CT molecular complexity index is 2280. The van der Waals surface area contributed by atoms with Gasteiger partial charge in [-0.1, -0.05) is 125 Å².